The highest BCUT2D eigenvalue weighted by molar-refractivity contribution is 6.27. The van der Waals surface area contributed by atoms with Gasteiger partial charge in [0.15, 0.2) is 0 Å². The molecule has 1 heterocycles. The SMILES string of the molecule is O=C(O)c1ccccc1-c1ccc(Cn2c(C(F)(F)F)nc3c2C(=O)c2ccccc2C3=O)cc1. The van der Waals surface area contributed by atoms with E-state index in [1.54, 1.807) is 42.5 Å². The highest BCUT2D eigenvalue weighted by Crippen LogP contribution is 2.35. The normalized spacial score (nSPS) is 12.9. The first-order valence-electron chi connectivity index (χ1n) is 10.4. The molecule has 0 aliphatic heterocycles. The molecule has 0 amide bonds. The number of nitrogens with zero attached hydrogens (tertiary/aromatic N) is 2. The number of carbonyl (C=O) groups is 3. The summed E-state index contributed by atoms with van der Waals surface area (Å²) in [5.41, 5.74) is 0.646. The summed E-state index contributed by atoms with van der Waals surface area (Å²) in [6.07, 6.45) is -4.90. The number of hydrogen-bond donors (Lipinski definition) is 1. The molecular formula is C26H15F3N2O4. The van der Waals surface area contributed by atoms with Crippen LogP contribution in [-0.2, 0) is 12.7 Å². The maximum absolute atomic E-state index is 13.9. The van der Waals surface area contributed by atoms with Crippen molar-refractivity contribution in [2.75, 3.05) is 0 Å². The molecule has 0 radical (unpaired) electrons. The first kappa shape index (κ1) is 22.3. The second-order valence-corrected chi connectivity index (χ2v) is 7.97. The molecule has 0 unspecified atom stereocenters. The van der Waals surface area contributed by atoms with E-state index >= 15 is 0 Å². The zero-order chi connectivity index (χ0) is 24.9. The van der Waals surface area contributed by atoms with E-state index in [2.05, 4.69) is 4.98 Å². The molecule has 174 valence electrons. The molecule has 1 N–H and O–H groups in total. The van der Waals surface area contributed by atoms with Crippen molar-refractivity contribution >= 4 is 17.5 Å². The van der Waals surface area contributed by atoms with Crippen LogP contribution in [0, 0.1) is 0 Å². The van der Waals surface area contributed by atoms with Crippen molar-refractivity contribution in [2.24, 2.45) is 0 Å². The number of aromatic nitrogens is 2. The van der Waals surface area contributed by atoms with Crippen molar-refractivity contribution in [1.82, 2.24) is 9.55 Å². The monoisotopic (exact) mass is 476 g/mol. The molecule has 1 aromatic heterocycles. The lowest BCUT2D eigenvalue weighted by molar-refractivity contribution is -0.147. The van der Waals surface area contributed by atoms with Crippen LogP contribution in [0.1, 0.15) is 53.8 Å². The minimum absolute atomic E-state index is 0.0184. The number of carbonyl (C=O) groups excluding carboxylic acids is 2. The van der Waals surface area contributed by atoms with Gasteiger partial charge in [-0.15, -0.1) is 0 Å². The zero-order valence-corrected chi connectivity index (χ0v) is 17.8. The number of aromatic carboxylic acids is 1. The minimum Gasteiger partial charge on any atom is -0.478 e. The van der Waals surface area contributed by atoms with Crippen LogP contribution in [0.3, 0.4) is 0 Å². The van der Waals surface area contributed by atoms with Crippen molar-refractivity contribution in [3.05, 3.63) is 112 Å². The minimum atomic E-state index is -4.90. The standard InChI is InChI=1S/C26H15F3N2O4/c27-26(28,29)25-30-20-21(23(33)18-7-3-2-6-17(18)22(20)32)31(25)13-14-9-11-15(12-10-14)16-5-1-4-8-19(16)24(34)35/h1-12H,13H2,(H,34,35). The number of ketones is 2. The lowest BCUT2D eigenvalue weighted by atomic mass is 9.90. The molecule has 1 aliphatic carbocycles. The van der Waals surface area contributed by atoms with Gasteiger partial charge in [-0.25, -0.2) is 9.78 Å². The van der Waals surface area contributed by atoms with Crippen LogP contribution in [0.25, 0.3) is 11.1 Å². The van der Waals surface area contributed by atoms with Crippen LogP contribution in [0.2, 0.25) is 0 Å². The van der Waals surface area contributed by atoms with Crippen LogP contribution < -0.4 is 0 Å². The van der Waals surface area contributed by atoms with Crippen LogP contribution in [0.15, 0.2) is 72.8 Å². The molecule has 35 heavy (non-hydrogen) atoms. The fraction of sp³-hybridized carbons (Fsp3) is 0.0769. The summed E-state index contributed by atoms with van der Waals surface area (Å²) in [7, 11) is 0. The molecule has 6 nitrogen and oxygen atoms in total. The molecule has 0 fully saturated rings. The van der Waals surface area contributed by atoms with Gasteiger partial charge in [-0.1, -0.05) is 66.7 Å². The van der Waals surface area contributed by atoms with E-state index in [0.717, 1.165) is 4.57 Å². The molecule has 0 saturated heterocycles. The van der Waals surface area contributed by atoms with E-state index < -0.39 is 40.9 Å². The predicted molar refractivity (Wildman–Crippen MR) is 118 cm³/mol. The highest BCUT2D eigenvalue weighted by Gasteiger charge is 2.43. The molecule has 9 heteroatoms. The van der Waals surface area contributed by atoms with Gasteiger partial charge < -0.3 is 9.67 Å². The van der Waals surface area contributed by atoms with Crippen molar-refractivity contribution in [2.45, 2.75) is 12.7 Å². The summed E-state index contributed by atoms with van der Waals surface area (Å²) >= 11 is 0. The Morgan fingerprint density at radius 1 is 0.829 bits per heavy atom. The Morgan fingerprint density at radius 2 is 1.40 bits per heavy atom. The van der Waals surface area contributed by atoms with E-state index in [9.17, 15) is 32.7 Å². The fourth-order valence-electron chi connectivity index (χ4n) is 4.24. The number of carboxylic acid groups (broad SMARTS) is 1. The first-order chi connectivity index (χ1) is 16.7. The van der Waals surface area contributed by atoms with Crippen LogP contribution in [0.4, 0.5) is 13.2 Å². The zero-order valence-electron chi connectivity index (χ0n) is 17.8. The van der Waals surface area contributed by atoms with Gasteiger partial charge in [0.05, 0.1) is 5.56 Å². The topological polar surface area (TPSA) is 89.3 Å². The summed E-state index contributed by atoms with van der Waals surface area (Å²) in [5, 5.41) is 9.41. The fourth-order valence-corrected chi connectivity index (χ4v) is 4.24. The number of rotatable bonds is 4. The maximum Gasteiger partial charge on any atom is 0.449 e. The lowest BCUT2D eigenvalue weighted by Gasteiger charge is -2.17. The smallest absolute Gasteiger partial charge is 0.449 e. The summed E-state index contributed by atoms with van der Waals surface area (Å²) in [5.74, 6) is -3.88. The van der Waals surface area contributed by atoms with Crippen LogP contribution >= 0.6 is 0 Å². The van der Waals surface area contributed by atoms with Crippen LogP contribution in [-0.4, -0.2) is 32.2 Å². The Kier molecular flexibility index (Phi) is 5.12. The van der Waals surface area contributed by atoms with E-state index in [-0.39, 0.29) is 23.2 Å². The summed E-state index contributed by atoms with van der Waals surface area (Å²) < 4.78 is 42.3. The van der Waals surface area contributed by atoms with Crippen molar-refractivity contribution in [1.29, 1.82) is 0 Å². The Balaban J connectivity index is 1.58. The third-order valence-electron chi connectivity index (χ3n) is 5.83. The number of alkyl halides is 3. The quantitative estimate of drug-likeness (QED) is 0.390. The molecule has 3 aromatic carbocycles. The van der Waals surface area contributed by atoms with Gasteiger partial charge in [0.1, 0.15) is 11.4 Å². The molecule has 0 atom stereocenters. The third kappa shape index (κ3) is 3.71. The Labute approximate surface area is 196 Å². The highest BCUT2D eigenvalue weighted by atomic mass is 19.4. The van der Waals surface area contributed by atoms with Crippen molar-refractivity contribution < 1.29 is 32.7 Å². The van der Waals surface area contributed by atoms with Crippen LogP contribution in [0.5, 0.6) is 0 Å². The summed E-state index contributed by atoms with van der Waals surface area (Å²) in [6.45, 7) is -0.362. The van der Waals surface area contributed by atoms with Gasteiger partial charge in [0.25, 0.3) is 0 Å². The molecule has 4 aromatic rings. The Morgan fingerprint density at radius 3 is 2.00 bits per heavy atom. The number of benzene rings is 3. The lowest BCUT2D eigenvalue weighted by Crippen LogP contribution is -2.24. The molecule has 5 rings (SSSR count). The number of imidazole rings is 1. The predicted octanol–water partition coefficient (Wildman–Crippen LogP) is 5.09. The van der Waals surface area contributed by atoms with Gasteiger partial charge in [-0.3, -0.25) is 9.59 Å². The number of fused-ring (bicyclic) bond motifs is 2. The van der Waals surface area contributed by atoms with Gasteiger partial charge in [0, 0.05) is 17.7 Å². The largest absolute Gasteiger partial charge is 0.478 e. The van der Waals surface area contributed by atoms with Gasteiger partial charge in [-0.2, -0.15) is 13.2 Å². The average molecular weight is 476 g/mol. The molecular weight excluding hydrogens is 461 g/mol. The second-order valence-electron chi connectivity index (χ2n) is 7.97. The van der Waals surface area contributed by atoms with Gasteiger partial charge >= 0.3 is 12.1 Å². The van der Waals surface area contributed by atoms with Gasteiger partial charge in [0.2, 0.25) is 17.4 Å². The third-order valence-corrected chi connectivity index (χ3v) is 5.83. The number of carboxylic acids is 1. The van der Waals surface area contributed by atoms with Crippen molar-refractivity contribution in [3.63, 3.8) is 0 Å². The molecule has 1 aliphatic rings. The summed E-state index contributed by atoms with van der Waals surface area (Å²) in [4.78, 5) is 41.0. The molecule has 0 bridgehead atoms. The average Bonchev–Trinajstić information content (AvgIpc) is 3.23. The van der Waals surface area contributed by atoms with Crippen molar-refractivity contribution in [3.8, 4) is 11.1 Å². The van der Waals surface area contributed by atoms with E-state index in [1.165, 1.54) is 30.3 Å². The number of hydrogen-bond acceptors (Lipinski definition) is 4. The second kappa shape index (κ2) is 8.05. The maximum atomic E-state index is 13.9. The Hall–Kier alpha value is -4.53. The van der Waals surface area contributed by atoms with Gasteiger partial charge in [-0.05, 0) is 22.8 Å². The van der Waals surface area contributed by atoms with E-state index in [4.69, 9.17) is 0 Å². The first-order valence-corrected chi connectivity index (χ1v) is 10.4. The molecule has 0 spiro atoms. The van der Waals surface area contributed by atoms with E-state index in [1.807, 2.05) is 0 Å². The molecule has 0 saturated carbocycles. The Bertz CT molecular complexity index is 1520. The number of halogens is 3. The van der Waals surface area contributed by atoms with E-state index in [0.29, 0.717) is 16.7 Å². The summed E-state index contributed by atoms with van der Waals surface area (Å²) in [6, 6.07) is 18.5.